The number of carbonyl (C=O) groups excluding carboxylic acids is 2. The highest BCUT2D eigenvalue weighted by molar-refractivity contribution is 5.96. The summed E-state index contributed by atoms with van der Waals surface area (Å²) in [6, 6.07) is 3.51. The van der Waals surface area contributed by atoms with E-state index in [9.17, 15) is 14.0 Å². The number of rotatable bonds is 6. The number of carbonyl (C=O) groups is 2. The van der Waals surface area contributed by atoms with Crippen LogP contribution in [0.5, 0.6) is 5.75 Å². The van der Waals surface area contributed by atoms with Crippen LogP contribution in [0.1, 0.15) is 13.8 Å². The van der Waals surface area contributed by atoms with E-state index in [1.165, 1.54) is 31.2 Å². The largest absolute Gasteiger partial charge is 0.494 e. The van der Waals surface area contributed by atoms with Crippen molar-refractivity contribution >= 4 is 29.9 Å². The van der Waals surface area contributed by atoms with E-state index < -0.39 is 17.8 Å². The Bertz CT molecular complexity index is 555. The molecule has 130 valence electrons. The van der Waals surface area contributed by atoms with Gasteiger partial charge < -0.3 is 20.7 Å². The number of amides is 2. The molecule has 0 aliphatic heterocycles. The number of nitrogens with two attached hydrogens (primary N) is 1. The van der Waals surface area contributed by atoms with Crippen molar-refractivity contribution < 1.29 is 18.7 Å². The lowest BCUT2D eigenvalue weighted by Crippen LogP contribution is -2.47. The van der Waals surface area contributed by atoms with Gasteiger partial charge in [0.25, 0.3) is 0 Å². The van der Waals surface area contributed by atoms with E-state index in [4.69, 9.17) is 10.5 Å². The molecule has 0 unspecified atom stereocenters. The molecular formula is C15H23ClFN3O3. The van der Waals surface area contributed by atoms with Crippen molar-refractivity contribution in [1.82, 2.24) is 5.32 Å². The molecule has 1 aromatic rings. The van der Waals surface area contributed by atoms with E-state index in [1.54, 1.807) is 6.07 Å². The Hall–Kier alpha value is -1.86. The molecule has 0 aromatic heterocycles. The molecule has 0 saturated carbocycles. The topological polar surface area (TPSA) is 84.7 Å². The average Bonchev–Trinajstić information content (AvgIpc) is 2.50. The SMILES string of the molecule is COc1ccc(N(C)C(=O)CNC(=O)[C@@H](N)C(C)C)cc1F.Cl. The van der Waals surface area contributed by atoms with Crippen LogP contribution in [0.15, 0.2) is 18.2 Å². The van der Waals surface area contributed by atoms with Gasteiger partial charge in [-0.2, -0.15) is 0 Å². The monoisotopic (exact) mass is 347 g/mol. The van der Waals surface area contributed by atoms with Crippen LogP contribution in [-0.4, -0.2) is 38.6 Å². The maximum atomic E-state index is 13.6. The normalized spacial score (nSPS) is 11.4. The summed E-state index contributed by atoms with van der Waals surface area (Å²) in [7, 11) is 2.86. The second-order valence-corrected chi connectivity index (χ2v) is 5.26. The number of methoxy groups -OCH3 is 1. The molecule has 6 nitrogen and oxygen atoms in total. The fraction of sp³-hybridized carbons (Fsp3) is 0.467. The van der Waals surface area contributed by atoms with Crippen molar-refractivity contribution in [2.45, 2.75) is 19.9 Å². The van der Waals surface area contributed by atoms with E-state index in [0.29, 0.717) is 5.69 Å². The van der Waals surface area contributed by atoms with Gasteiger partial charge in [0, 0.05) is 18.8 Å². The molecule has 1 aromatic carbocycles. The second-order valence-electron chi connectivity index (χ2n) is 5.26. The fourth-order valence-electron chi connectivity index (χ4n) is 1.71. The molecule has 0 aliphatic carbocycles. The number of nitrogens with zero attached hydrogens (tertiary/aromatic N) is 1. The Kier molecular flexibility index (Phi) is 8.56. The number of anilines is 1. The summed E-state index contributed by atoms with van der Waals surface area (Å²) >= 11 is 0. The molecule has 8 heteroatoms. The Labute approximate surface area is 141 Å². The molecule has 0 aliphatic rings. The number of benzene rings is 1. The van der Waals surface area contributed by atoms with Gasteiger partial charge in [-0.05, 0) is 18.1 Å². The third-order valence-electron chi connectivity index (χ3n) is 3.33. The minimum absolute atomic E-state index is 0. The molecule has 23 heavy (non-hydrogen) atoms. The summed E-state index contributed by atoms with van der Waals surface area (Å²) < 4.78 is 18.5. The highest BCUT2D eigenvalue weighted by atomic mass is 35.5. The summed E-state index contributed by atoms with van der Waals surface area (Å²) in [6.07, 6.45) is 0. The van der Waals surface area contributed by atoms with Crippen molar-refractivity contribution in [2.24, 2.45) is 11.7 Å². The standard InChI is InChI=1S/C15H22FN3O3.ClH/c1-9(2)14(17)15(21)18-8-13(20)19(3)10-5-6-12(22-4)11(16)7-10;/h5-7,9,14H,8,17H2,1-4H3,(H,18,21);1H/t14-;/m0./s1. The molecular weight excluding hydrogens is 325 g/mol. The minimum Gasteiger partial charge on any atom is -0.494 e. The van der Waals surface area contributed by atoms with E-state index in [1.807, 2.05) is 13.8 Å². The zero-order chi connectivity index (χ0) is 16.9. The first-order valence-corrected chi connectivity index (χ1v) is 6.91. The highest BCUT2D eigenvalue weighted by Crippen LogP contribution is 2.22. The molecule has 0 saturated heterocycles. The summed E-state index contributed by atoms with van der Waals surface area (Å²) in [5.41, 5.74) is 6.05. The summed E-state index contributed by atoms with van der Waals surface area (Å²) in [4.78, 5) is 25.0. The average molecular weight is 348 g/mol. The molecule has 3 N–H and O–H groups in total. The predicted molar refractivity (Wildman–Crippen MR) is 89.4 cm³/mol. The number of nitrogens with one attached hydrogen (secondary N) is 1. The van der Waals surface area contributed by atoms with E-state index >= 15 is 0 Å². The van der Waals surface area contributed by atoms with Gasteiger partial charge in [0.15, 0.2) is 11.6 Å². The minimum atomic E-state index is -0.670. The van der Waals surface area contributed by atoms with Crippen molar-refractivity contribution in [3.05, 3.63) is 24.0 Å². The van der Waals surface area contributed by atoms with Crippen LogP contribution in [-0.2, 0) is 9.59 Å². The highest BCUT2D eigenvalue weighted by Gasteiger charge is 2.19. The predicted octanol–water partition coefficient (Wildman–Crippen LogP) is 1.32. The third kappa shape index (κ3) is 5.69. The van der Waals surface area contributed by atoms with Crippen molar-refractivity contribution in [3.8, 4) is 5.75 Å². The van der Waals surface area contributed by atoms with Crippen LogP contribution in [0.25, 0.3) is 0 Å². The van der Waals surface area contributed by atoms with Gasteiger partial charge in [0.2, 0.25) is 11.8 Å². The number of likely N-dealkylation sites (N-methyl/N-ethyl adjacent to an activating group) is 1. The van der Waals surface area contributed by atoms with Gasteiger partial charge in [-0.3, -0.25) is 9.59 Å². The van der Waals surface area contributed by atoms with Crippen LogP contribution < -0.4 is 20.7 Å². The lowest BCUT2D eigenvalue weighted by Gasteiger charge is -2.20. The van der Waals surface area contributed by atoms with Gasteiger partial charge in [-0.25, -0.2) is 4.39 Å². The first-order valence-electron chi connectivity index (χ1n) is 6.91. The zero-order valence-corrected chi connectivity index (χ0v) is 14.4. The molecule has 0 bridgehead atoms. The van der Waals surface area contributed by atoms with E-state index in [-0.39, 0.29) is 36.5 Å². The smallest absolute Gasteiger partial charge is 0.246 e. The number of ether oxygens (including phenoxy) is 1. The Morgan fingerprint density at radius 1 is 1.39 bits per heavy atom. The summed E-state index contributed by atoms with van der Waals surface area (Å²) in [5, 5.41) is 2.48. The zero-order valence-electron chi connectivity index (χ0n) is 13.6. The van der Waals surface area contributed by atoms with Crippen molar-refractivity contribution in [1.29, 1.82) is 0 Å². The van der Waals surface area contributed by atoms with Gasteiger partial charge in [0.05, 0.1) is 19.7 Å². The third-order valence-corrected chi connectivity index (χ3v) is 3.33. The lowest BCUT2D eigenvalue weighted by molar-refractivity contribution is -0.126. The van der Waals surface area contributed by atoms with Crippen LogP contribution in [0.4, 0.5) is 10.1 Å². The summed E-state index contributed by atoms with van der Waals surface area (Å²) in [5.74, 6) is -1.26. The van der Waals surface area contributed by atoms with Crippen LogP contribution in [0.2, 0.25) is 0 Å². The summed E-state index contributed by atoms with van der Waals surface area (Å²) in [6.45, 7) is 3.43. The molecule has 0 spiro atoms. The molecule has 0 fully saturated rings. The van der Waals surface area contributed by atoms with Gasteiger partial charge in [-0.15, -0.1) is 12.4 Å². The van der Waals surface area contributed by atoms with Gasteiger partial charge in [-0.1, -0.05) is 13.8 Å². The van der Waals surface area contributed by atoms with Crippen molar-refractivity contribution in [3.63, 3.8) is 0 Å². The number of halogens is 2. The van der Waals surface area contributed by atoms with E-state index in [2.05, 4.69) is 5.32 Å². The molecule has 1 atom stereocenters. The van der Waals surface area contributed by atoms with Gasteiger partial charge in [0.1, 0.15) is 0 Å². The van der Waals surface area contributed by atoms with Crippen LogP contribution in [0, 0.1) is 11.7 Å². The molecule has 1 rings (SSSR count). The number of hydrogen-bond donors (Lipinski definition) is 2. The van der Waals surface area contributed by atoms with Crippen LogP contribution in [0.3, 0.4) is 0 Å². The number of hydrogen-bond acceptors (Lipinski definition) is 4. The first kappa shape index (κ1) is 21.1. The lowest BCUT2D eigenvalue weighted by atomic mass is 10.1. The van der Waals surface area contributed by atoms with E-state index in [0.717, 1.165) is 0 Å². The maximum Gasteiger partial charge on any atom is 0.246 e. The van der Waals surface area contributed by atoms with Crippen LogP contribution >= 0.6 is 12.4 Å². The molecule has 0 radical (unpaired) electrons. The quantitative estimate of drug-likeness (QED) is 0.812. The Morgan fingerprint density at radius 3 is 2.48 bits per heavy atom. The van der Waals surface area contributed by atoms with Crippen molar-refractivity contribution in [2.75, 3.05) is 25.6 Å². The first-order chi connectivity index (χ1) is 10.3. The second kappa shape index (κ2) is 9.32. The Morgan fingerprint density at radius 2 is 2.00 bits per heavy atom. The Balaban J connectivity index is 0.00000484. The fourth-order valence-corrected chi connectivity index (χ4v) is 1.71. The molecule has 0 heterocycles. The maximum absolute atomic E-state index is 13.6. The van der Waals surface area contributed by atoms with Gasteiger partial charge >= 0.3 is 0 Å². The molecule has 2 amide bonds.